The lowest BCUT2D eigenvalue weighted by Crippen LogP contribution is -2.11. The van der Waals surface area contributed by atoms with Crippen molar-refractivity contribution in [2.24, 2.45) is 10.1 Å². The number of nitrogens with one attached hydrogen (secondary N) is 1. The number of anilines is 1. The van der Waals surface area contributed by atoms with Gasteiger partial charge in [-0.15, -0.1) is 0 Å². The van der Waals surface area contributed by atoms with E-state index in [1.807, 2.05) is 31.3 Å². The van der Waals surface area contributed by atoms with Gasteiger partial charge >= 0.3 is 0 Å². The molecule has 0 atom stereocenters. The fraction of sp³-hybridized carbons (Fsp3) is 0.0714. The molecule has 0 bridgehead atoms. The number of aliphatic imine (C=N–C) groups is 1. The first-order chi connectivity index (χ1) is 9.49. The van der Waals surface area contributed by atoms with Crippen molar-refractivity contribution in [3.05, 3.63) is 54.1 Å². The van der Waals surface area contributed by atoms with Crippen molar-refractivity contribution in [2.45, 2.75) is 4.90 Å². The van der Waals surface area contributed by atoms with Gasteiger partial charge in [-0.1, -0.05) is 12.1 Å². The number of nitrogens with zero attached hydrogens (tertiary/aromatic N) is 1. The second kappa shape index (κ2) is 5.85. The average molecular weight is 289 g/mol. The molecule has 0 aliphatic heterocycles. The van der Waals surface area contributed by atoms with E-state index in [4.69, 9.17) is 5.14 Å². The van der Waals surface area contributed by atoms with E-state index in [9.17, 15) is 8.42 Å². The topological polar surface area (TPSA) is 84.5 Å². The number of sulfonamides is 1. The summed E-state index contributed by atoms with van der Waals surface area (Å²) in [6.45, 7) is 0. The Bertz CT molecular complexity index is 705. The summed E-state index contributed by atoms with van der Waals surface area (Å²) in [5, 5.41) is 8.06. The summed E-state index contributed by atoms with van der Waals surface area (Å²) < 4.78 is 22.2. The summed E-state index contributed by atoms with van der Waals surface area (Å²) in [4.78, 5) is 4.35. The molecule has 0 aliphatic rings. The minimum Gasteiger partial charge on any atom is -0.388 e. The van der Waals surface area contributed by atoms with E-state index in [1.165, 1.54) is 12.1 Å². The Hall–Kier alpha value is -2.18. The van der Waals surface area contributed by atoms with Gasteiger partial charge in [-0.25, -0.2) is 13.6 Å². The van der Waals surface area contributed by atoms with Crippen LogP contribution in [-0.4, -0.2) is 21.7 Å². The van der Waals surface area contributed by atoms with Gasteiger partial charge in [-0.2, -0.15) is 0 Å². The van der Waals surface area contributed by atoms with Crippen molar-refractivity contribution in [1.82, 2.24) is 0 Å². The first-order valence-electron chi connectivity index (χ1n) is 5.94. The molecule has 0 heterocycles. The van der Waals surface area contributed by atoms with Crippen molar-refractivity contribution in [3.8, 4) is 0 Å². The smallest absolute Gasteiger partial charge is 0.238 e. The molecule has 0 amide bonds. The van der Waals surface area contributed by atoms with Gasteiger partial charge in [0.2, 0.25) is 10.0 Å². The van der Waals surface area contributed by atoms with E-state index < -0.39 is 10.0 Å². The van der Waals surface area contributed by atoms with Gasteiger partial charge in [0.15, 0.2) is 0 Å². The van der Waals surface area contributed by atoms with Crippen LogP contribution in [0.25, 0.3) is 0 Å². The van der Waals surface area contributed by atoms with Crippen LogP contribution in [0, 0.1) is 0 Å². The molecule has 104 valence electrons. The molecule has 0 unspecified atom stereocenters. The van der Waals surface area contributed by atoms with E-state index >= 15 is 0 Å². The zero-order valence-corrected chi connectivity index (χ0v) is 11.8. The van der Waals surface area contributed by atoms with E-state index in [1.54, 1.807) is 18.3 Å². The summed E-state index contributed by atoms with van der Waals surface area (Å²) in [7, 11) is -1.80. The maximum atomic E-state index is 11.1. The largest absolute Gasteiger partial charge is 0.388 e. The second-order valence-corrected chi connectivity index (χ2v) is 5.73. The first kappa shape index (κ1) is 14.2. The van der Waals surface area contributed by atoms with Gasteiger partial charge in [0.25, 0.3) is 0 Å². The Balaban J connectivity index is 2.14. The number of hydrogen-bond acceptors (Lipinski definition) is 4. The van der Waals surface area contributed by atoms with Crippen molar-refractivity contribution < 1.29 is 8.42 Å². The minimum atomic E-state index is -3.65. The molecule has 0 saturated carbocycles. The molecule has 0 aliphatic carbocycles. The summed E-state index contributed by atoms with van der Waals surface area (Å²) in [6, 6.07) is 13.9. The SMILES string of the molecule is CNc1ccc(C=Nc2ccc(S(N)(=O)=O)cc2)cc1. The van der Waals surface area contributed by atoms with Crippen LogP contribution in [-0.2, 0) is 10.0 Å². The summed E-state index contributed by atoms with van der Waals surface area (Å²) >= 11 is 0. The molecule has 6 heteroatoms. The van der Waals surface area contributed by atoms with E-state index in [0.717, 1.165) is 11.3 Å². The lowest BCUT2D eigenvalue weighted by molar-refractivity contribution is 0.598. The first-order valence-corrected chi connectivity index (χ1v) is 7.48. The molecule has 0 spiro atoms. The van der Waals surface area contributed by atoms with Gasteiger partial charge in [0.05, 0.1) is 10.6 Å². The van der Waals surface area contributed by atoms with Gasteiger partial charge in [0, 0.05) is 18.9 Å². The average Bonchev–Trinajstić information content (AvgIpc) is 2.45. The van der Waals surface area contributed by atoms with Crippen molar-refractivity contribution in [2.75, 3.05) is 12.4 Å². The lowest BCUT2D eigenvalue weighted by atomic mass is 10.2. The lowest BCUT2D eigenvalue weighted by Gasteiger charge is -2.00. The maximum Gasteiger partial charge on any atom is 0.238 e. The van der Waals surface area contributed by atoms with Crippen molar-refractivity contribution in [1.29, 1.82) is 0 Å². The fourth-order valence-electron chi connectivity index (χ4n) is 1.61. The summed E-state index contributed by atoms with van der Waals surface area (Å²) in [5.41, 5.74) is 2.65. The molecule has 0 aromatic heterocycles. The van der Waals surface area contributed by atoms with E-state index in [0.29, 0.717) is 5.69 Å². The molecule has 2 rings (SSSR count). The van der Waals surface area contributed by atoms with E-state index in [-0.39, 0.29) is 4.90 Å². The van der Waals surface area contributed by atoms with Crippen LogP contribution in [0.3, 0.4) is 0 Å². The highest BCUT2D eigenvalue weighted by molar-refractivity contribution is 7.89. The second-order valence-electron chi connectivity index (χ2n) is 4.17. The number of benzene rings is 2. The third kappa shape index (κ3) is 3.66. The van der Waals surface area contributed by atoms with Crippen LogP contribution in [0.4, 0.5) is 11.4 Å². The molecule has 2 aromatic rings. The predicted molar refractivity (Wildman–Crippen MR) is 81.1 cm³/mol. The van der Waals surface area contributed by atoms with Crippen LogP contribution < -0.4 is 10.5 Å². The summed E-state index contributed by atoms with van der Waals surface area (Å²) in [5.74, 6) is 0. The summed E-state index contributed by atoms with van der Waals surface area (Å²) in [6.07, 6.45) is 1.71. The third-order valence-corrected chi connectivity index (χ3v) is 3.66. The molecule has 20 heavy (non-hydrogen) atoms. The predicted octanol–water partition coefficient (Wildman–Crippen LogP) is 2.13. The highest BCUT2D eigenvalue weighted by Crippen LogP contribution is 2.16. The Labute approximate surface area is 118 Å². The zero-order chi connectivity index (χ0) is 14.6. The normalized spacial score (nSPS) is 11.7. The van der Waals surface area contributed by atoms with Gasteiger partial charge in [-0.05, 0) is 42.0 Å². The number of nitrogens with two attached hydrogens (primary N) is 1. The van der Waals surface area contributed by atoms with Crippen molar-refractivity contribution in [3.63, 3.8) is 0 Å². The molecular weight excluding hydrogens is 274 g/mol. The Morgan fingerprint density at radius 3 is 2.15 bits per heavy atom. The Morgan fingerprint density at radius 2 is 1.65 bits per heavy atom. The number of primary sulfonamides is 1. The molecule has 5 nitrogen and oxygen atoms in total. The van der Waals surface area contributed by atoms with Gasteiger partial charge < -0.3 is 5.32 Å². The van der Waals surface area contributed by atoms with Crippen LogP contribution in [0.15, 0.2) is 58.4 Å². The zero-order valence-electron chi connectivity index (χ0n) is 10.9. The number of rotatable bonds is 4. The monoisotopic (exact) mass is 289 g/mol. The third-order valence-electron chi connectivity index (χ3n) is 2.73. The van der Waals surface area contributed by atoms with Crippen LogP contribution >= 0.6 is 0 Å². The maximum absolute atomic E-state index is 11.1. The molecule has 0 radical (unpaired) electrons. The fourth-order valence-corrected chi connectivity index (χ4v) is 2.12. The molecule has 2 aromatic carbocycles. The standard InChI is InChI=1S/C14H15N3O2S/c1-16-12-4-2-11(3-5-12)10-17-13-6-8-14(9-7-13)20(15,18)19/h2-10,16H,1H3,(H2,15,18,19). The van der Waals surface area contributed by atoms with Crippen LogP contribution in [0.5, 0.6) is 0 Å². The quantitative estimate of drug-likeness (QED) is 0.846. The molecule has 0 fully saturated rings. The Morgan fingerprint density at radius 1 is 1.05 bits per heavy atom. The number of hydrogen-bond donors (Lipinski definition) is 2. The van der Waals surface area contributed by atoms with E-state index in [2.05, 4.69) is 10.3 Å². The van der Waals surface area contributed by atoms with Crippen molar-refractivity contribution >= 4 is 27.6 Å². The minimum absolute atomic E-state index is 0.0785. The highest BCUT2D eigenvalue weighted by Gasteiger charge is 2.05. The van der Waals surface area contributed by atoms with Crippen LogP contribution in [0.1, 0.15) is 5.56 Å². The molecular formula is C14H15N3O2S. The van der Waals surface area contributed by atoms with Crippen LogP contribution in [0.2, 0.25) is 0 Å². The highest BCUT2D eigenvalue weighted by atomic mass is 32.2. The molecule has 0 saturated heterocycles. The molecule has 3 N–H and O–H groups in total. The van der Waals surface area contributed by atoms with Gasteiger partial charge in [0.1, 0.15) is 0 Å². The van der Waals surface area contributed by atoms with Gasteiger partial charge in [-0.3, -0.25) is 4.99 Å². The Kier molecular flexibility index (Phi) is 4.16.